The van der Waals surface area contributed by atoms with Gasteiger partial charge in [0.15, 0.2) is 17.5 Å². The van der Waals surface area contributed by atoms with E-state index in [9.17, 15) is 18.4 Å². The van der Waals surface area contributed by atoms with Crippen LogP contribution in [0.1, 0.15) is 128 Å². The quantitative estimate of drug-likeness (QED) is 0.0318. The summed E-state index contributed by atoms with van der Waals surface area (Å²) in [6, 6.07) is 39.1. The molecule has 0 heterocycles. The van der Waals surface area contributed by atoms with Gasteiger partial charge >= 0.3 is 11.9 Å². The molecular weight excluding hydrogens is 914 g/mol. The van der Waals surface area contributed by atoms with Crippen LogP contribution >= 0.6 is 0 Å². The summed E-state index contributed by atoms with van der Waals surface area (Å²) in [5.74, 6) is -4.57. The normalized spacial score (nSPS) is 14.1. The Hall–Kier alpha value is -6.99. The molecule has 0 aromatic heterocycles. The highest BCUT2D eigenvalue weighted by Gasteiger charge is 2.44. The molecule has 0 aliphatic heterocycles. The third-order valence-corrected chi connectivity index (χ3v) is 15.9. The lowest BCUT2D eigenvalue weighted by Gasteiger charge is -2.33. The number of hydrogen-bond acceptors (Lipinski definition) is 4. The van der Waals surface area contributed by atoms with Crippen LogP contribution in [0.25, 0.3) is 76.8 Å². The first-order chi connectivity index (χ1) is 34.8. The van der Waals surface area contributed by atoms with Crippen molar-refractivity contribution in [1.82, 2.24) is 0 Å². The molecule has 372 valence electrons. The number of esters is 2. The van der Waals surface area contributed by atoms with E-state index in [0.717, 1.165) is 66.8 Å². The summed E-state index contributed by atoms with van der Waals surface area (Å²) in [5.41, 5.74) is 11.9. The number of carbonyl (C=O) groups is 2. The standard InChI is InChI=1S/C66H63F3O4/c1-38(2)62(70)72-30-14-10-12-28-66(29-13-11-15-31-73-63(71)39(3)4)53-35-42(41-20-27-51-52(34-41)65(8,9)55-37-56(67)60(68)61(69)59(51)55)19-24-48(53)49-25-21-43(36-54(49)66)47-23-18-40-16-17-44-32-46(64(5,6)7)33-45-22-26-50(47)58(40)57(44)45/h16-27,32-37H,1,3,10-15,28-31H2,2,4-9H3. The van der Waals surface area contributed by atoms with Gasteiger partial charge in [-0.15, -0.1) is 0 Å². The average Bonchev–Trinajstić information content (AvgIpc) is 3.76. The van der Waals surface area contributed by atoms with Gasteiger partial charge in [0.1, 0.15) is 0 Å². The molecule has 10 rings (SSSR count). The Kier molecular flexibility index (Phi) is 12.8. The average molecular weight is 977 g/mol. The van der Waals surface area contributed by atoms with Gasteiger partial charge in [-0.1, -0.05) is 158 Å². The van der Waals surface area contributed by atoms with E-state index in [1.165, 1.54) is 65.7 Å². The Morgan fingerprint density at radius 2 is 1.01 bits per heavy atom. The summed E-state index contributed by atoms with van der Waals surface area (Å²) >= 11 is 0. The van der Waals surface area contributed by atoms with Gasteiger partial charge in [0, 0.05) is 27.5 Å². The molecule has 2 aliphatic rings. The summed E-state index contributed by atoms with van der Waals surface area (Å²) in [4.78, 5) is 24.6. The minimum Gasteiger partial charge on any atom is -0.462 e. The number of ether oxygens (including phenoxy) is 2. The van der Waals surface area contributed by atoms with E-state index in [2.05, 4.69) is 125 Å². The van der Waals surface area contributed by atoms with Gasteiger partial charge in [-0.2, -0.15) is 0 Å². The first-order valence-electron chi connectivity index (χ1n) is 25.8. The van der Waals surface area contributed by atoms with Crippen LogP contribution in [0.4, 0.5) is 13.2 Å². The van der Waals surface area contributed by atoms with Gasteiger partial charge in [0.05, 0.1) is 13.2 Å². The van der Waals surface area contributed by atoms with Gasteiger partial charge in [-0.3, -0.25) is 0 Å². The number of rotatable bonds is 16. The molecule has 7 heteroatoms. The van der Waals surface area contributed by atoms with E-state index < -0.39 is 28.3 Å². The monoisotopic (exact) mass is 976 g/mol. The Labute approximate surface area is 427 Å². The molecule has 0 saturated heterocycles. The van der Waals surface area contributed by atoms with Crippen LogP contribution in [0.5, 0.6) is 0 Å². The lowest BCUT2D eigenvalue weighted by Crippen LogP contribution is -2.26. The van der Waals surface area contributed by atoms with Crippen molar-refractivity contribution in [3.63, 3.8) is 0 Å². The maximum absolute atomic E-state index is 15.5. The summed E-state index contributed by atoms with van der Waals surface area (Å²) in [7, 11) is 0. The number of benzene rings is 8. The van der Waals surface area contributed by atoms with E-state index in [1.807, 2.05) is 26.0 Å². The lowest BCUT2D eigenvalue weighted by molar-refractivity contribution is -0.139. The maximum Gasteiger partial charge on any atom is 0.333 e. The van der Waals surface area contributed by atoms with E-state index in [-0.39, 0.29) is 22.9 Å². The molecule has 8 aromatic carbocycles. The third-order valence-electron chi connectivity index (χ3n) is 15.9. The molecule has 0 bridgehead atoms. The molecule has 0 atom stereocenters. The minimum absolute atomic E-state index is 0.00871. The van der Waals surface area contributed by atoms with Crippen molar-refractivity contribution in [2.45, 2.75) is 116 Å². The van der Waals surface area contributed by atoms with Crippen molar-refractivity contribution in [3.8, 4) is 44.5 Å². The van der Waals surface area contributed by atoms with Crippen molar-refractivity contribution < 1.29 is 32.2 Å². The van der Waals surface area contributed by atoms with Gasteiger partial charge in [0.25, 0.3) is 0 Å². The van der Waals surface area contributed by atoms with Crippen molar-refractivity contribution in [2.75, 3.05) is 13.2 Å². The molecule has 0 amide bonds. The highest BCUT2D eigenvalue weighted by Crippen LogP contribution is 2.57. The second kappa shape index (κ2) is 18.8. The first-order valence-corrected chi connectivity index (χ1v) is 25.8. The molecule has 0 N–H and O–H groups in total. The number of halogens is 3. The molecule has 2 aliphatic carbocycles. The second-order valence-corrected chi connectivity index (χ2v) is 22.3. The lowest BCUT2D eigenvalue weighted by atomic mass is 9.70. The van der Waals surface area contributed by atoms with Crippen molar-refractivity contribution >= 4 is 44.3 Å². The zero-order valence-corrected chi connectivity index (χ0v) is 43.1. The van der Waals surface area contributed by atoms with Crippen LogP contribution < -0.4 is 0 Å². The van der Waals surface area contributed by atoms with Crippen LogP contribution in [0.2, 0.25) is 0 Å². The number of carbonyl (C=O) groups excluding carboxylic acids is 2. The number of fused-ring (bicyclic) bond motifs is 6. The molecule has 0 radical (unpaired) electrons. The Morgan fingerprint density at radius 3 is 1.59 bits per heavy atom. The Bertz CT molecular complexity index is 3510. The van der Waals surface area contributed by atoms with Gasteiger partial charge in [-0.05, 0) is 168 Å². The fraction of sp³-hybridized carbons (Fsp3) is 0.303. The summed E-state index contributed by atoms with van der Waals surface area (Å²) in [6.45, 7) is 22.1. The summed E-state index contributed by atoms with van der Waals surface area (Å²) in [5, 5.41) is 7.46. The van der Waals surface area contributed by atoms with Crippen molar-refractivity contribution in [1.29, 1.82) is 0 Å². The number of unbranched alkanes of at least 4 members (excludes halogenated alkanes) is 4. The van der Waals surface area contributed by atoms with Crippen LogP contribution in [-0.2, 0) is 35.3 Å². The highest BCUT2D eigenvalue weighted by molar-refractivity contribution is 6.25. The van der Waals surface area contributed by atoms with Crippen molar-refractivity contribution in [3.05, 3.63) is 179 Å². The van der Waals surface area contributed by atoms with E-state index in [1.54, 1.807) is 13.8 Å². The van der Waals surface area contributed by atoms with E-state index in [4.69, 9.17) is 9.47 Å². The Balaban J connectivity index is 1.09. The smallest absolute Gasteiger partial charge is 0.333 e. The molecule has 0 fully saturated rings. The molecule has 8 aromatic rings. The molecular formula is C66H63F3O4. The van der Waals surface area contributed by atoms with Crippen LogP contribution in [0.3, 0.4) is 0 Å². The van der Waals surface area contributed by atoms with Crippen LogP contribution in [0.15, 0.2) is 133 Å². The van der Waals surface area contributed by atoms with Gasteiger partial charge in [-0.25, -0.2) is 22.8 Å². The van der Waals surface area contributed by atoms with Crippen LogP contribution in [-0.4, -0.2) is 25.2 Å². The summed E-state index contributed by atoms with van der Waals surface area (Å²) in [6.07, 6.45) is 6.51. The first kappa shape index (κ1) is 49.6. The van der Waals surface area contributed by atoms with E-state index in [0.29, 0.717) is 48.3 Å². The third kappa shape index (κ3) is 8.62. The fourth-order valence-electron chi connectivity index (χ4n) is 12.0. The predicted octanol–water partition coefficient (Wildman–Crippen LogP) is 17.6. The Morgan fingerprint density at radius 1 is 0.521 bits per heavy atom. The van der Waals surface area contributed by atoms with Crippen LogP contribution in [0, 0.1) is 17.5 Å². The fourth-order valence-corrected chi connectivity index (χ4v) is 12.0. The molecule has 0 unspecified atom stereocenters. The minimum atomic E-state index is -1.46. The molecule has 0 spiro atoms. The molecule has 0 saturated carbocycles. The topological polar surface area (TPSA) is 52.6 Å². The van der Waals surface area contributed by atoms with Crippen molar-refractivity contribution in [2.24, 2.45) is 0 Å². The predicted molar refractivity (Wildman–Crippen MR) is 292 cm³/mol. The largest absolute Gasteiger partial charge is 0.462 e. The van der Waals surface area contributed by atoms with Gasteiger partial charge < -0.3 is 9.47 Å². The highest BCUT2D eigenvalue weighted by atomic mass is 19.2. The van der Waals surface area contributed by atoms with Gasteiger partial charge in [0.2, 0.25) is 0 Å². The zero-order chi connectivity index (χ0) is 51.7. The molecule has 73 heavy (non-hydrogen) atoms. The molecule has 4 nitrogen and oxygen atoms in total. The second-order valence-electron chi connectivity index (χ2n) is 22.3. The summed E-state index contributed by atoms with van der Waals surface area (Å²) < 4.78 is 56.1. The zero-order valence-electron chi connectivity index (χ0n) is 43.1. The SMILES string of the molecule is C=C(C)C(=O)OCCCCCC1(CCCCCOC(=O)C(=C)C)c2cc(-c3ccc4c(c3)C(C)(C)c3cc(F)c(F)c(F)c3-4)ccc2-c2ccc(-c3ccc4ccc5cc(C(C)(C)C)cc6ccc3c4c56)cc21. The number of hydrogen-bond donors (Lipinski definition) is 0. The van der Waals surface area contributed by atoms with E-state index >= 15 is 4.39 Å². The maximum atomic E-state index is 15.5.